The maximum atomic E-state index is 5.69. The lowest BCUT2D eigenvalue weighted by Gasteiger charge is -2.21. The van der Waals surface area contributed by atoms with Crippen molar-refractivity contribution in [3.05, 3.63) is 223 Å². The fraction of sp³-hybridized carbons (Fsp3) is 0.0476. The number of aromatic nitrogens is 5. The zero-order chi connectivity index (χ0) is 44.8. The minimum absolute atomic E-state index is 0.0985. The SMILES string of the molecule is CC1(C)c2ccccc2-c2cc(-c3nc(-n4c5ccc(-n6c7ccccc7c7ccccc76)cc5c5cc(-n6c7ccccc7c7ccccc76)ccc54)nc4c3ccc3ccccc34)ccc21. The lowest BCUT2D eigenvalue weighted by Crippen LogP contribution is -2.14. The molecule has 0 aliphatic heterocycles. The van der Waals surface area contributed by atoms with Crippen molar-refractivity contribution < 1.29 is 0 Å². The minimum atomic E-state index is -0.0985. The maximum Gasteiger partial charge on any atom is 0.235 e. The third kappa shape index (κ3) is 5.05. The summed E-state index contributed by atoms with van der Waals surface area (Å²) in [6.45, 7) is 4.67. The second-order valence-corrected chi connectivity index (χ2v) is 19.0. The molecule has 0 bridgehead atoms. The number of para-hydroxylation sites is 4. The molecule has 4 aromatic heterocycles. The van der Waals surface area contributed by atoms with Crippen LogP contribution in [-0.2, 0) is 5.41 Å². The third-order valence-electron chi connectivity index (χ3n) is 15.0. The second kappa shape index (κ2) is 13.6. The molecule has 4 heterocycles. The summed E-state index contributed by atoms with van der Waals surface area (Å²) >= 11 is 0. The fourth-order valence-electron chi connectivity index (χ4n) is 11.9. The van der Waals surface area contributed by atoms with Gasteiger partial charge in [0.2, 0.25) is 5.95 Å². The van der Waals surface area contributed by atoms with Gasteiger partial charge < -0.3 is 9.13 Å². The van der Waals surface area contributed by atoms with E-state index in [4.69, 9.17) is 9.97 Å². The molecule has 10 aromatic carbocycles. The Bertz CT molecular complexity index is 4210. The van der Waals surface area contributed by atoms with E-state index in [1.54, 1.807) is 0 Å². The quantitative estimate of drug-likeness (QED) is 0.165. The lowest BCUT2D eigenvalue weighted by molar-refractivity contribution is 0.660. The first-order valence-electron chi connectivity index (χ1n) is 23.5. The molecule has 0 N–H and O–H groups in total. The van der Waals surface area contributed by atoms with Crippen molar-refractivity contribution in [2.24, 2.45) is 0 Å². The average molecular weight is 868 g/mol. The summed E-state index contributed by atoms with van der Waals surface area (Å²) in [7, 11) is 0. The Morgan fingerprint density at radius 2 is 0.824 bits per heavy atom. The fourth-order valence-corrected chi connectivity index (χ4v) is 11.9. The molecule has 0 atom stereocenters. The predicted molar refractivity (Wildman–Crippen MR) is 283 cm³/mol. The third-order valence-corrected chi connectivity index (χ3v) is 15.0. The van der Waals surface area contributed by atoms with Gasteiger partial charge in [-0.1, -0.05) is 153 Å². The second-order valence-electron chi connectivity index (χ2n) is 19.0. The Hall–Kier alpha value is -8.80. The van der Waals surface area contributed by atoms with Gasteiger partial charge in [0.15, 0.2) is 0 Å². The molecule has 1 aliphatic carbocycles. The van der Waals surface area contributed by atoms with E-state index in [0.717, 1.165) is 66.1 Å². The largest absolute Gasteiger partial charge is 0.309 e. The zero-order valence-electron chi connectivity index (χ0n) is 37.4. The molecule has 5 heteroatoms. The van der Waals surface area contributed by atoms with Crippen molar-refractivity contribution in [3.63, 3.8) is 0 Å². The zero-order valence-corrected chi connectivity index (χ0v) is 37.4. The molecule has 14 aromatic rings. The molecule has 5 nitrogen and oxygen atoms in total. The first-order valence-corrected chi connectivity index (χ1v) is 23.5. The summed E-state index contributed by atoms with van der Waals surface area (Å²) in [5.74, 6) is 0.638. The molecule has 1 aliphatic rings. The summed E-state index contributed by atoms with van der Waals surface area (Å²) in [6, 6.07) is 77.6. The van der Waals surface area contributed by atoms with Crippen molar-refractivity contribution in [2.45, 2.75) is 19.3 Å². The Labute approximate surface area is 391 Å². The van der Waals surface area contributed by atoms with Crippen LogP contribution in [0.3, 0.4) is 0 Å². The molecule has 0 spiro atoms. The number of hydrogen-bond donors (Lipinski definition) is 0. The Balaban J connectivity index is 1.04. The van der Waals surface area contributed by atoms with E-state index < -0.39 is 0 Å². The van der Waals surface area contributed by atoms with Crippen molar-refractivity contribution in [1.29, 1.82) is 0 Å². The molecular formula is C63H41N5. The van der Waals surface area contributed by atoms with E-state index >= 15 is 0 Å². The van der Waals surface area contributed by atoms with E-state index in [0.29, 0.717) is 5.95 Å². The van der Waals surface area contributed by atoms with E-state index in [-0.39, 0.29) is 5.41 Å². The molecule has 0 unspecified atom stereocenters. The minimum Gasteiger partial charge on any atom is -0.309 e. The van der Waals surface area contributed by atoms with Gasteiger partial charge in [-0.05, 0) is 100 Å². The highest BCUT2D eigenvalue weighted by atomic mass is 15.2. The van der Waals surface area contributed by atoms with Crippen LogP contribution in [0.5, 0.6) is 0 Å². The van der Waals surface area contributed by atoms with Gasteiger partial charge in [-0.2, -0.15) is 0 Å². The Kier molecular flexibility index (Phi) is 7.50. The van der Waals surface area contributed by atoms with Crippen molar-refractivity contribution in [1.82, 2.24) is 23.7 Å². The van der Waals surface area contributed by atoms with Crippen molar-refractivity contribution >= 4 is 87.1 Å². The Morgan fingerprint density at radius 1 is 0.338 bits per heavy atom. The molecular weight excluding hydrogens is 827 g/mol. The van der Waals surface area contributed by atoms with E-state index in [1.165, 1.54) is 65.9 Å². The number of rotatable bonds is 4. The monoisotopic (exact) mass is 867 g/mol. The van der Waals surface area contributed by atoms with Crippen LogP contribution in [-0.4, -0.2) is 23.7 Å². The van der Waals surface area contributed by atoms with E-state index in [1.807, 2.05) is 0 Å². The molecule has 0 radical (unpaired) electrons. The van der Waals surface area contributed by atoms with Crippen LogP contribution < -0.4 is 0 Å². The summed E-state index contributed by atoms with van der Waals surface area (Å²) in [6.07, 6.45) is 0. The standard InChI is InChI=1S/C63H41N5/c1-63(2)52-22-10-5-17-43(52)49-35-39(28-32-53(49)63)60-48-31-27-38-15-3-4-16-42(38)61(48)65-62(64-60)68-58-33-29-40(66-54-23-11-6-18-44(54)45-19-7-12-24-55(45)66)36-50(58)51-37-41(30-34-59(51)68)67-56-25-13-8-20-46(56)47-21-9-14-26-57(47)67/h3-37H,1-2H3. The maximum absolute atomic E-state index is 5.69. The number of benzene rings is 10. The predicted octanol–water partition coefficient (Wildman–Crippen LogP) is 16.0. The van der Waals surface area contributed by atoms with E-state index in [2.05, 4.69) is 240 Å². The summed E-state index contributed by atoms with van der Waals surface area (Å²) < 4.78 is 7.12. The van der Waals surface area contributed by atoms with Crippen LogP contribution in [0.1, 0.15) is 25.0 Å². The van der Waals surface area contributed by atoms with Gasteiger partial charge in [0.05, 0.1) is 44.3 Å². The highest BCUT2D eigenvalue weighted by Gasteiger charge is 2.35. The number of hydrogen-bond acceptors (Lipinski definition) is 2. The highest BCUT2D eigenvalue weighted by Crippen LogP contribution is 2.50. The smallest absolute Gasteiger partial charge is 0.235 e. The van der Waals surface area contributed by atoms with Crippen LogP contribution in [0.15, 0.2) is 212 Å². The normalized spacial score (nSPS) is 13.3. The highest BCUT2D eigenvalue weighted by molar-refractivity contribution is 6.15. The Morgan fingerprint density at radius 3 is 1.41 bits per heavy atom. The van der Waals surface area contributed by atoms with Gasteiger partial charge in [-0.25, -0.2) is 9.97 Å². The first-order chi connectivity index (χ1) is 33.5. The van der Waals surface area contributed by atoms with Crippen LogP contribution >= 0.6 is 0 Å². The molecule has 68 heavy (non-hydrogen) atoms. The summed E-state index contributed by atoms with van der Waals surface area (Å²) in [4.78, 5) is 11.3. The van der Waals surface area contributed by atoms with Crippen molar-refractivity contribution in [3.8, 4) is 39.7 Å². The van der Waals surface area contributed by atoms with Crippen LogP contribution in [0.2, 0.25) is 0 Å². The lowest BCUT2D eigenvalue weighted by atomic mass is 9.82. The number of fused-ring (bicyclic) bond motifs is 15. The van der Waals surface area contributed by atoms with E-state index in [9.17, 15) is 0 Å². The molecule has 0 amide bonds. The van der Waals surface area contributed by atoms with Gasteiger partial charge in [0, 0.05) is 65.4 Å². The molecule has 0 saturated carbocycles. The molecule has 0 fully saturated rings. The van der Waals surface area contributed by atoms with Crippen LogP contribution in [0.4, 0.5) is 0 Å². The van der Waals surface area contributed by atoms with Gasteiger partial charge in [-0.15, -0.1) is 0 Å². The summed E-state index contributed by atoms with van der Waals surface area (Å²) in [5, 5.41) is 10.5. The van der Waals surface area contributed by atoms with Gasteiger partial charge in [0.25, 0.3) is 0 Å². The van der Waals surface area contributed by atoms with Gasteiger partial charge in [0.1, 0.15) is 0 Å². The summed E-state index contributed by atoms with van der Waals surface area (Å²) in [5.41, 5.74) is 17.1. The van der Waals surface area contributed by atoms with Crippen LogP contribution in [0, 0.1) is 0 Å². The van der Waals surface area contributed by atoms with Gasteiger partial charge >= 0.3 is 0 Å². The average Bonchev–Trinajstić information content (AvgIpc) is 4.09. The molecule has 0 saturated heterocycles. The topological polar surface area (TPSA) is 40.6 Å². The first kappa shape index (κ1) is 37.4. The van der Waals surface area contributed by atoms with Gasteiger partial charge in [-0.3, -0.25) is 4.57 Å². The molecule has 15 rings (SSSR count). The molecule has 318 valence electrons. The van der Waals surface area contributed by atoms with Crippen molar-refractivity contribution in [2.75, 3.05) is 0 Å². The number of nitrogens with zero attached hydrogens (tertiary/aromatic N) is 5. The van der Waals surface area contributed by atoms with Crippen LogP contribution in [0.25, 0.3) is 127 Å².